The first-order valence-electron chi connectivity index (χ1n) is 9.30. The number of thiophene rings is 1. The van der Waals surface area contributed by atoms with Crippen LogP contribution in [0.25, 0.3) is 0 Å². The van der Waals surface area contributed by atoms with Gasteiger partial charge in [0, 0.05) is 4.88 Å². The van der Waals surface area contributed by atoms with Crippen LogP contribution in [0.5, 0.6) is 0 Å². The monoisotopic (exact) mass is 371 g/mol. The smallest absolute Gasteiger partial charge is 0.348 e. The molecule has 4 nitrogen and oxygen atoms in total. The molecule has 1 aromatic carbocycles. The average Bonchev–Trinajstić information content (AvgIpc) is 3.11. The van der Waals surface area contributed by atoms with E-state index in [-0.39, 0.29) is 18.6 Å². The molecule has 1 aliphatic carbocycles. The highest BCUT2D eigenvalue weighted by Crippen LogP contribution is 2.30. The zero-order chi connectivity index (χ0) is 18.4. The Bertz CT molecular complexity index is 730. The Morgan fingerprint density at radius 2 is 1.96 bits per heavy atom. The number of rotatable bonds is 7. The SMILES string of the molecule is CCC[C@@H](NC(=O)COC(=O)c1cc2c(s1)CCCC2)c1ccccc1. The number of benzene rings is 1. The third-order valence-corrected chi connectivity index (χ3v) is 5.86. The molecule has 0 unspecified atom stereocenters. The van der Waals surface area contributed by atoms with Crippen molar-refractivity contribution in [2.75, 3.05) is 6.61 Å². The van der Waals surface area contributed by atoms with Crippen LogP contribution in [0, 0.1) is 0 Å². The van der Waals surface area contributed by atoms with Crippen molar-refractivity contribution < 1.29 is 14.3 Å². The number of carbonyl (C=O) groups excluding carboxylic acids is 2. The fourth-order valence-corrected chi connectivity index (χ4v) is 4.47. The predicted molar refractivity (Wildman–Crippen MR) is 103 cm³/mol. The van der Waals surface area contributed by atoms with E-state index in [1.807, 2.05) is 36.4 Å². The van der Waals surface area contributed by atoms with E-state index >= 15 is 0 Å². The molecule has 0 radical (unpaired) electrons. The largest absolute Gasteiger partial charge is 0.451 e. The summed E-state index contributed by atoms with van der Waals surface area (Å²) in [5.74, 6) is -0.659. The van der Waals surface area contributed by atoms with Crippen LogP contribution in [0.3, 0.4) is 0 Å². The van der Waals surface area contributed by atoms with Gasteiger partial charge >= 0.3 is 5.97 Å². The van der Waals surface area contributed by atoms with E-state index in [1.54, 1.807) is 0 Å². The second kappa shape index (κ2) is 8.99. The van der Waals surface area contributed by atoms with E-state index in [0.717, 1.165) is 31.2 Å². The lowest BCUT2D eigenvalue weighted by atomic mass is 9.99. The first kappa shape index (κ1) is 18.6. The maximum absolute atomic E-state index is 12.3. The van der Waals surface area contributed by atoms with Crippen LogP contribution in [0.15, 0.2) is 36.4 Å². The van der Waals surface area contributed by atoms with Gasteiger partial charge in [0.2, 0.25) is 0 Å². The highest BCUT2D eigenvalue weighted by atomic mass is 32.1. The Balaban J connectivity index is 1.54. The second-order valence-corrected chi connectivity index (χ2v) is 7.80. The van der Waals surface area contributed by atoms with Gasteiger partial charge in [0.15, 0.2) is 6.61 Å². The zero-order valence-corrected chi connectivity index (χ0v) is 15.9. The number of carbonyl (C=O) groups is 2. The summed E-state index contributed by atoms with van der Waals surface area (Å²) in [6.45, 7) is 1.84. The molecular weight excluding hydrogens is 346 g/mol. The van der Waals surface area contributed by atoms with Crippen LogP contribution < -0.4 is 5.32 Å². The molecule has 0 spiro atoms. The van der Waals surface area contributed by atoms with Crippen molar-refractivity contribution in [1.29, 1.82) is 0 Å². The molecule has 0 bridgehead atoms. The number of aryl methyl sites for hydroxylation is 2. The van der Waals surface area contributed by atoms with Crippen LogP contribution >= 0.6 is 11.3 Å². The molecule has 2 aromatic rings. The number of hydrogen-bond acceptors (Lipinski definition) is 4. The lowest BCUT2D eigenvalue weighted by Gasteiger charge is -2.18. The van der Waals surface area contributed by atoms with Crippen LogP contribution in [0.2, 0.25) is 0 Å². The van der Waals surface area contributed by atoms with Gasteiger partial charge in [0.05, 0.1) is 6.04 Å². The van der Waals surface area contributed by atoms with Crippen molar-refractivity contribution in [2.45, 2.75) is 51.5 Å². The fraction of sp³-hybridized carbons (Fsp3) is 0.429. The summed E-state index contributed by atoms with van der Waals surface area (Å²) in [4.78, 5) is 26.4. The third-order valence-electron chi connectivity index (χ3n) is 4.65. The topological polar surface area (TPSA) is 55.4 Å². The summed E-state index contributed by atoms with van der Waals surface area (Å²) in [6, 6.07) is 11.8. The number of fused-ring (bicyclic) bond motifs is 1. The van der Waals surface area contributed by atoms with Gasteiger partial charge in [-0.2, -0.15) is 0 Å². The molecule has 1 aliphatic rings. The number of esters is 1. The average molecular weight is 372 g/mol. The first-order valence-corrected chi connectivity index (χ1v) is 10.1. The van der Waals surface area contributed by atoms with Crippen molar-refractivity contribution >= 4 is 23.2 Å². The van der Waals surface area contributed by atoms with Crippen molar-refractivity contribution in [3.8, 4) is 0 Å². The maximum atomic E-state index is 12.3. The van der Waals surface area contributed by atoms with Gasteiger partial charge in [0.25, 0.3) is 5.91 Å². The van der Waals surface area contributed by atoms with Crippen molar-refractivity contribution in [3.05, 3.63) is 57.3 Å². The molecule has 1 aromatic heterocycles. The van der Waals surface area contributed by atoms with Crippen molar-refractivity contribution in [1.82, 2.24) is 5.32 Å². The van der Waals surface area contributed by atoms with Gasteiger partial charge in [-0.25, -0.2) is 4.79 Å². The lowest BCUT2D eigenvalue weighted by Crippen LogP contribution is -2.32. The van der Waals surface area contributed by atoms with Crippen LogP contribution in [0.4, 0.5) is 0 Å². The minimum absolute atomic E-state index is 0.0542. The van der Waals surface area contributed by atoms with Crippen LogP contribution in [-0.2, 0) is 22.4 Å². The Morgan fingerprint density at radius 3 is 2.69 bits per heavy atom. The summed E-state index contributed by atoms with van der Waals surface area (Å²) >= 11 is 1.51. The Hall–Kier alpha value is -2.14. The van der Waals surface area contributed by atoms with E-state index < -0.39 is 5.97 Å². The normalized spacial score (nSPS) is 14.3. The molecule has 0 aliphatic heterocycles. The number of amides is 1. The minimum Gasteiger partial charge on any atom is -0.451 e. The molecule has 1 heterocycles. The van der Waals surface area contributed by atoms with E-state index in [2.05, 4.69) is 12.2 Å². The first-order chi connectivity index (χ1) is 12.7. The molecule has 0 saturated carbocycles. The van der Waals surface area contributed by atoms with Gasteiger partial charge < -0.3 is 10.1 Å². The standard InChI is InChI=1S/C21H25NO3S/c1-2-8-17(15-9-4-3-5-10-15)22-20(23)14-25-21(24)19-13-16-11-6-7-12-18(16)26-19/h3-5,9-10,13,17H,2,6-8,11-12,14H2,1H3,(H,22,23)/t17-/m1/s1. The lowest BCUT2D eigenvalue weighted by molar-refractivity contribution is -0.125. The number of hydrogen-bond donors (Lipinski definition) is 1. The van der Waals surface area contributed by atoms with Crippen LogP contribution in [-0.4, -0.2) is 18.5 Å². The van der Waals surface area contributed by atoms with E-state index in [0.29, 0.717) is 4.88 Å². The third kappa shape index (κ3) is 4.73. The van der Waals surface area contributed by atoms with Gasteiger partial charge in [-0.3, -0.25) is 4.79 Å². The zero-order valence-electron chi connectivity index (χ0n) is 15.1. The number of nitrogens with one attached hydrogen (secondary N) is 1. The van der Waals surface area contributed by atoms with Gasteiger partial charge in [-0.05, 0) is 49.3 Å². The van der Waals surface area contributed by atoms with E-state index in [4.69, 9.17) is 4.74 Å². The molecule has 138 valence electrons. The Morgan fingerprint density at radius 1 is 1.19 bits per heavy atom. The summed E-state index contributed by atoms with van der Waals surface area (Å²) in [6.07, 6.45) is 6.25. The van der Waals surface area contributed by atoms with Crippen molar-refractivity contribution in [2.24, 2.45) is 0 Å². The summed E-state index contributed by atoms with van der Waals surface area (Å²) in [7, 11) is 0. The Kier molecular flexibility index (Phi) is 6.45. The van der Waals surface area contributed by atoms with E-state index in [1.165, 1.54) is 34.6 Å². The summed E-state index contributed by atoms with van der Waals surface area (Å²) in [5, 5.41) is 2.98. The van der Waals surface area contributed by atoms with Gasteiger partial charge in [-0.15, -0.1) is 11.3 Å². The molecule has 3 rings (SSSR count). The molecule has 5 heteroatoms. The highest BCUT2D eigenvalue weighted by Gasteiger charge is 2.20. The predicted octanol–water partition coefficient (Wildman–Crippen LogP) is 4.44. The Labute approximate surface area is 158 Å². The highest BCUT2D eigenvalue weighted by molar-refractivity contribution is 7.14. The molecule has 0 fully saturated rings. The van der Waals surface area contributed by atoms with E-state index in [9.17, 15) is 9.59 Å². The molecule has 1 amide bonds. The van der Waals surface area contributed by atoms with Crippen LogP contribution in [0.1, 0.15) is 64.3 Å². The molecule has 1 N–H and O–H groups in total. The molecule has 0 saturated heterocycles. The van der Waals surface area contributed by atoms with Gasteiger partial charge in [0.1, 0.15) is 4.88 Å². The second-order valence-electron chi connectivity index (χ2n) is 6.66. The van der Waals surface area contributed by atoms with Crippen molar-refractivity contribution in [3.63, 3.8) is 0 Å². The number of ether oxygens (including phenoxy) is 1. The maximum Gasteiger partial charge on any atom is 0.348 e. The molecular formula is C21H25NO3S. The fourth-order valence-electron chi connectivity index (χ4n) is 3.33. The molecule has 26 heavy (non-hydrogen) atoms. The van der Waals surface area contributed by atoms with Gasteiger partial charge in [-0.1, -0.05) is 43.7 Å². The summed E-state index contributed by atoms with van der Waals surface area (Å²) in [5.41, 5.74) is 2.34. The summed E-state index contributed by atoms with van der Waals surface area (Å²) < 4.78 is 5.24. The quantitative estimate of drug-likeness (QED) is 0.732. The molecule has 1 atom stereocenters. The minimum atomic E-state index is -0.397.